The number of hydrogen-bond acceptors (Lipinski definition) is 3. The topological polar surface area (TPSA) is 68.3 Å². The van der Waals surface area contributed by atoms with Gasteiger partial charge < -0.3 is 15.5 Å². The van der Waals surface area contributed by atoms with Gasteiger partial charge in [0.1, 0.15) is 11.5 Å². The predicted octanol–water partition coefficient (Wildman–Crippen LogP) is 1.23. The Morgan fingerprint density at radius 1 is 1.50 bits per heavy atom. The fourth-order valence-electron chi connectivity index (χ4n) is 1.52. The van der Waals surface area contributed by atoms with Crippen LogP contribution in [0.1, 0.15) is 25.4 Å². The minimum Gasteiger partial charge on any atom is -0.466 e. The molecule has 0 aliphatic heterocycles. The van der Waals surface area contributed by atoms with Crippen molar-refractivity contribution in [3.63, 3.8) is 0 Å². The molecule has 0 radical (unpaired) electrons. The maximum atomic E-state index is 11.8. The first-order valence-corrected chi connectivity index (χ1v) is 5.58. The Bertz CT molecular complexity index is 345. The van der Waals surface area contributed by atoms with Gasteiger partial charge in [-0.15, -0.1) is 0 Å². The van der Waals surface area contributed by atoms with Crippen molar-refractivity contribution in [3.8, 4) is 0 Å². The lowest BCUT2D eigenvalue weighted by Crippen LogP contribution is -2.39. The minimum absolute atomic E-state index is 0.00782. The smallest absolute Gasteiger partial charge is 0.225 e. The number of rotatable bonds is 5. The van der Waals surface area contributed by atoms with E-state index in [2.05, 4.69) is 5.32 Å². The summed E-state index contributed by atoms with van der Waals surface area (Å²) in [5, 5.41) is 2.86. The zero-order valence-electron chi connectivity index (χ0n) is 10.1. The van der Waals surface area contributed by atoms with Crippen LogP contribution >= 0.6 is 0 Å². The average Bonchev–Trinajstić information content (AvgIpc) is 2.59. The molecule has 1 amide bonds. The molecular formula is C12H20N2O2. The van der Waals surface area contributed by atoms with Crippen LogP contribution in [0.2, 0.25) is 0 Å². The third-order valence-electron chi connectivity index (χ3n) is 2.33. The van der Waals surface area contributed by atoms with Crippen LogP contribution in [0.25, 0.3) is 0 Å². The van der Waals surface area contributed by atoms with Crippen LogP contribution in [0.4, 0.5) is 0 Å². The third kappa shape index (κ3) is 3.70. The normalized spacial score (nSPS) is 12.8. The molecule has 1 heterocycles. The summed E-state index contributed by atoms with van der Waals surface area (Å²) in [6.07, 6.45) is 0.558. The first-order chi connectivity index (χ1) is 7.52. The Kier molecular flexibility index (Phi) is 4.55. The van der Waals surface area contributed by atoms with E-state index in [0.717, 1.165) is 11.5 Å². The molecule has 0 saturated heterocycles. The van der Waals surface area contributed by atoms with Crippen LogP contribution in [-0.2, 0) is 11.2 Å². The number of furan rings is 1. The maximum Gasteiger partial charge on any atom is 0.225 e. The first kappa shape index (κ1) is 12.8. The summed E-state index contributed by atoms with van der Waals surface area (Å²) in [5.74, 6) is 1.45. The van der Waals surface area contributed by atoms with E-state index in [-0.39, 0.29) is 17.9 Å². The van der Waals surface area contributed by atoms with Gasteiger partial charge in [0, 0.05) is 19.0 Å². The zero-order valence-corrected chi connectivity index (χ0v) is 10.1. The molecule has 1 aromatic rings. The van der Waals surface area contributed by atoms with Crippen molar-refractivity contribution < 1.29 is 9.21 Å². The Morgan fingerprint density at radius 3 is 2.62 bits per heavy atom. The van der Waals surface area contributed by atoms with Crippen molar-refractivity contribution in [2.45, 2.75) is 33.2 Å². The largest absolute Gasteiger partial charge is 0.466 e. The summed E-state index contributed by atoms with van der Waals surface area (Å²) in [7, 11) is 0. The second kappa shape index (κ2) is 5.70. The number of amides is 1. The number of aryl methyl sites for hydroxylation is 1. The summed E-state index contributed by atoms with van der Waals surface area (Å²) in [6, 6.07) is 3.92. The third-order valence-corrected chi connectivity index (χ3v) is 2.33. The molecule has 0 saturated carbocycles. The van der Waals surface area contributed by atoms with Gasteiger partial charge in [-0.25, -0.2) is 0 Å². The lowest BCUT2D eigenvalue weighted by Gasteiger charge is -2.15. The number of nitrogens with one attached hydrogen (secondary N) is 1. The van der Waals surface area contributed by atoms with Crippen LogP contribution < -0.4 is 11.1 Å². The van der Waals surface area contributed by atoms with E-state index in [4.69, 9.17) is 10.2 Å². The summed E-state index contributed by atoms with van der Waals surface area (Å²) < 4.78 is 5.44. The molecule has 1 rings (SSSR count). The highest BCUT2D eigenvalue weighted by molar-refractivity contribution is 5.79. The van der Waals surface area contributed by atoms with Gasteiger partial charge in [-0.2, -0.15) is 0 Å². The van der Waals surface area contributed by atoms with Gasteiger partial charge in [-0.3, -0.25) is 4.79 Å². The molecule has 3 N–H and O–H groups in total. The fraction of sp³-hybridized carbons (Fsp3) is 0.583. The van der Waals surface area contributed by atoms with E-state index in [1.54, 1.807) is 0 Å². The van der Waals surface area contributed by atoms with Crippen LogP contribution in [0.3, 0.4) is 0 Å². The summed E-state index contributed by atoms with van der Waals surface area (Å²) in [6.45, 7) is 6.08. The van der Waals surface area contributed by atoms with Crippen molar-refractivity contribution in [2.24, 2.45) is 11.7 Å². The monoisotopic (exact) mass is 224 g/mol. The number of nitrogens with two attached hydrogens (primary N) is 1. The van der Waals surface area contributed by atoms with E-state index in [9.17, 15) is 4.79 Å². The second-order valence-corrected chi connectivity index (χ2v) is 4.31. The summed E-state index contributed by atoms with van der Waals surface area (Å²) in [5.41, 5.74) is 5.60. The molecular weight excluding hydrogens is 204 g/mol. The first-order valence-electron chi connectivity index (χ1n) is 5.58. The molecule has 0 aliphatic carbocycles. The molecule has 4 heteroatoms. The SMILES string of the molecule is Cc1ccc(CC(CN)C(=O)NC(C)C)o1. The highest BCUT2D eigenvalue weighted by Crippen LogP contribution is 2.12. The highest BCUT2D eigenvalue weighted by Gasteiger charge is 2.19. The van der Waals surface area contributed by atoms with Crippen molar-refractivity contribution in [1.29, 1.82) is 0 Å². The Morgan fingerprint density at radius 2 is 2.19 bits per heavy atom. The molecule has 16 heavy (non-hydrogen) atoms. The maximum absolute atomic E-state index is 11.8. The summed E-state index contributed by atoms with van der Waals surface area (Å²) in [4.78, 5) is 11.8. The van der Waals surface area contributed by atoms with Crippen molar-refractivity contribution in [3.05, 3.63) is 23.7 Å². The van der Waals surface area contributed by atoms with Crippen molar-refractivity contribution >= 4 is 5.91 Å². The van der Waals surface area contributed by atoms with E-state index < -0.39 is 0 Å². The summed E-state index contributed by atoms with van der Waals surface area (Å²) >= 11 is 0. The molecule has 4 nitrogen and oxygen atoms in total. The van der Waals surface area contributed by atoms with E-state index in [0.29, 0.717) is 13.0 Å². The van der Waals surface area contributed by atoms with Crippen LogP contribution in [-0.4, -0.2) is 18.5 Å². The van der Waals surface area contributed by atoms with Gasteiger partial charge in [-0.05, 0) is 32.9 Å². The molecule has 0 aromatic carbocycles. The predicted molar refractivity (Wildman–Crippen MR) is 63.0 cm³/mol. The number of hydrogen-bond donors (Lipinski definition) is 2. The van der Waals surface area contributed by atoms with E-state index >= 15 is 0 Å². The van der Waals surface area contributed by atoms with E-state index in [1.807, 2.05) is 32.9 Å². The lowest BCUT2D eigenvalue weighted by molar-refractivity contribution is -0.125. The molecule has 1 atom stereocenters. The average molecular weight is 224 g/mol. The van der Waals surface area contributed by atoms with Crippen LogP contribution in [0.15, 0.2) is 16.5 Å². The number of carbonyl (C=O) groups excluding carboxylic acids is 1. The Labute approximate surface area is 96.2 Å². The Hall–Kier alpha value is -1.29. The minimum atomic E-state index is -0.215. The van der Waals surface area contributed by atoms with Crippen LogP contribution in [0.5, 0.6) is 0 Å². The zero-order chi connectivity index (χ0) is 12.1. The molecule has 0 fully saturated rings. The molecule has 0 aliphatic rings. The van der Waals surface area contributed by atoms with E-state index in [1.165, 1.54) is 0 Å². The van der Waals surface area contributed by atoms with Crippen molar-refractivity contribution in [2.75, 3.05) is 6.54 Å². The van der Waals surface area contributed by atoms with Gasteiger partial charge in [0.25, 0.3) is 0 Å². The van der Waals surface area contributed by atoms with Gasteiger partial charge in [-0.1, -0.05) is 0 Å². The molecule has 90 valence electrons. The highest BCUT2D eigenvalue weighted by atomic mass is 16.3. The van der Waals surface area contributed by atoms with Gasteiger partial charge in [0.05, 0.1) is 5.92 Å². The molecule has 0 spiro atoms. The fourth-order valence-corrected chi connectivity index (χ4v) is 1.52. The molecule has 1 unspecified atom stereocenters. The van der Waals surface area contributed by atoms with Gasteiger partial charge in [0.15, 0.2) is 0 Å². The molecule has 1 aromatic heterocycles. The molecule has 0 bridgehead atoms. The van der Waals surface area contributed by atoms with Crippen molar-refractivity contribution in [1.82, 2.24) is 5.32 Å². The van der Waals surface area contributed by atoms with Gasteiger partial charge in [0.2, 0.25) is 5.91 Å². The standard InChI is InChI=1S/C12H20N2O2/c1-8(2)14-12(15)10(7-13)6-11-5-4-9(3)16-11/h4-5,8,10H,6-7,13H2,1-3H3,(H,14,15). The quantitative estimate of drug-likeness (QED) is 0.790. The second-order valence-electron chi connectivity index (χ2n) is 4.31. The van der Waals surface area contributed by atoms with Crippen LogP contribution in [0, 0.1) is 12.8 Å². The number of carbonyl (C=O) groups is 1. The lowest BCUT2D eigenvalue weighted by atomic mass is 10.0. The Balaban J connectivity index is 2.58. The van der Waals surface area contributed by atoms with Gasteiger partial charge >= 0.3 is 0 Å².